The monoisotopic (exact) mass is 367 g/mol. The van der Waals surface area contributed by atoms with E-state index >= 15 is 0 Å². The molecule has 1 aliphatic rings. The van der Waals surface area contributed by atoms with Gasteiger partial charge in [0.25, 0.3) is 0 Å². The molecule has 0 saturated carbocycles. The first-order valence-electron chi connectivity index (χ1n) is 9.25. The van der Waals surface area contributed by atoms with Crippen LogP contribution in [0.15, 0.2) is 24.3 Å². The number of halogens is 1. The summed E-state index contributed by atoms with van der Waals surface area (Å²) in [5.41, 5.74) is 2.28. The second-order valence-electron chi connectivity index (χ2n) is 8.06. The van der Waals surface area contributed by atoms with E-state index in [1.807, 2.05) is 19.1 Å². The molecule has 0 N–H and O–H groups in total. The van der Waals surface area contributed by atoms with Crippen LogP contribution in [0.1, 0.15) is 63.9 Å². The second-order valence-corrected chi connectivity index (χ2v) is 8.06. The van der Waals surface area contributed by atoms with Gasteiger partial charge in [-0.2, -0.15) is 0 Å². The maximum Gasteiger partial charge on any atom is 0.166 e. The van der Waals surface area contributed by atoms with E-state index in [4.69, 9.17) is 4.74 Å². The summed E-state index contributed by atoms with van der Waals surface area (Å²) in [5, 5.41) is 0. The first kappa shape index (κ1) is 22.1. The highest BCUT2D eigenvalue weighted by molar-refractivity contribution is 5.97. The van der Waals surface area contributed by atoms with E-state index in [1.54, 1.807) is 0 Å². The Morgan fingerprint density at radius 3 is 2.20 bits per heavy atom. The molecular weight excluding hydrogens is 334 g/mol. The number of carbonyl (C=O) groups excluding carboxylic acids is 1. The standard InChI is InChI=1S/C21H33NO2.ClH/c1-7-21(5,6)19-10-8-18(9-11-19)20(23)15(2)12-22-13-16(3)24-17(4)14-22;/h8-11,15-17H,7,12-14H2,1-6H3;1H/t15?,16-,17+;. The van der Waals surface area contributed by atoms with Gasteiger partial charge >= 0.3 is 0 Å². The maximum atomic E-state index is 12.8. The highest BCUT2D eigenvalue weighted by atomic mass is 35.5. The molecule has 1 saturated heterocycles. The minimum Gasteiger partial charge on any atom is -0.373 e. The Morgan fingerprint density at radius 2 is 1.72 bits per heavy atom. The van der Waals surface area contributed by atoms with Gasteiger partial charge in [-0.3, -0.25) is 9.69 Å². The van der Waals surface area contributed by atoms with Crippen LogP contribution in [0.2, 0.25) is 0 Å². The van der Waals surface area contributed by atoms with Crippen molar-refractivity contribution in [1.29, 1.82) is 0 Å². The molecule has 25 heavy (non-hydrogen) atoms. The first-order chi connectivity index (χ1) is 11.2. The molecule has 0 spiro atoms. The molecule has 1 heterocycles. The number of morpholine rings is 1. The number of Topliss-reactive ketones (excluding diaryl/α,β-unsaturated/α-hetero) is 1. The molecule has 0 aromatic heterocycles. The van der Waals surface area contributed by atoms with Gasteiger partial charge in [-0.1, -0.05) is 52.0 Å². The van der Waals surface area contributed by atoms with Crippen LogP contribution in [0.3, 0.4) is 0 Å². The van der Waals surface area contributed by atoms with Gasteiger partial charge in [-0.05, 0) is 31.2 Å². The van der Waals surface area contributed by atoms with E-state index in [1.165, 1.54) is 5.56 Å². The van der Waals surface area contributed by atoms with Gasteiger partial charge in [-0.25, -0.2) is 0 Å². The molecule has 0 bridgehead atoms. The van der Waals surface area contributed by atoms with Gasteiger partial charge in [0.05, 0.1) is 12.2 Å². The predicted octanol–water partition coefficient (Wildman–Crippen LogP) is 4.72. The molecule has 3 nitrogen and oxygen atoms in total. The van der Waals surface area contributed by atoms with Crippen molar-refractivity contribution in [3.63, 3.8) is 0 Å². The minimum absolute atomic E-state index is 0. The average molecular weight is 368 g/mol. The van der Waals surface area contributed by atoms with E-state index in [9.17, 15) is 4.79 Å². The Labute approximate surface area is 159 Å². The largest absolute Gasteiger partial charge is 0.373 e. The van der Waals surface area contributed by atoms with Crippen LogP contribution < -0.4 is 0 Å². The van der Waals surface area contributed by atoms with Crippen molar-refractivity contribution in [3.8, 4) is 0 Å². The Bertz CT molecular complexity index is 546. The Hall–Kier alpha value is -0.900. The van der Waals surface area contributed by atoms with Crippen molar-refractivity contribution >= 4 is 18.2 Å². The molecule has 1 fully saturated rings. The smallest absolute Gasteiger partial charge is 0.166 e. The fourth-order valence-electron chi connectivity index (χ4n) is 3.48. The van der Waals surface area contributed by atoms with Crippen molar-refractivity contribution in [1.82, 2.24) is 4.90 Å². The van der Waals surface area contributed by atoms with Crippen molar-refractivity contribution < 1.29 is 9.53 Å². The predicted molar refractivity (Wildman–Crippen MR) is 107 cm³/mol. The summed E-state index contributed by atoms with van der Waals surface area (Å²) in [7, 11) is 0. The van der Waals surface area contributed by atoms with E-state index in [0.29, 0.717) is 0 Å². The van der Waals surface area contributed by atoms with Crippen LogP contribution in [0.25, 0.3) is 0 Å². The normalized spacial score (nSPS) is 23.0. The molecule has 0 radical (unpaired) electrons. The second kappa shape index (κ2) is 9.16. The summed E-state index contributed by atoms with van der Waals surface area (Å²) in [4.78, 5) is 15.1. The molecule has 1 aliphatic heterocycles. The number of carbonyl (C=O) groups is 1. The molecule has 0 aliphatic carbocycles. The summed E-state index contributed by atoms with van der Waals surface area (Å²) in [6.07, 6.45) is 1.57. The number of nitrogens with zero attached hydrogens (tertiary/aromatic N) is 1. The van der Waals surface area contributed by atoms with Crippen LogP contribution in [0, 0.1) is 5.92 Å². The summed E-state index contributed by atoms with van der Waals surface area (Å²) in [6.45, 7) is 15.5. The Kier molecular flexibility index (Phi) is 8.11. The number of benzene rings is 1. The maximum absolute atomic E-state index is 12.8. The van der Waals surface area contributed by atoms with Crippen molar-refractivity contribution in [2.24, 2.45) is 5.92 Å². The number of hydrogen-bond acceptors (Lipinski definition) is 3. The molecule has 1 aromatic carbocycles. The van der Waals surface area contributed by atoms with E-state index in [-0.39, 0.29) is 41.7 Å². The molecule has 1 aromatic rings. The third-order valence-corrected chi connectivity index (χ3v) is 5.31. The molecular formula is C21H34ClNO2. The zero-order valence-corrected chi connectivity index (χ0v) is 17.4. The molecule has 1 unspecified atom stereocenters. The molecule has 3 atom stereocenters. The average Bonchev–Trinajstić information content (AvgIpc) is 2.53. The third-order valence-electron chi connectivity index (χ3n) is 5.31. The van der Waals surface area contributed by atoms with Crippen molar-refractivity contribution in [3.05, 3.63) is 35.4 Å². The lowest BCUT2D eigenvalue weighted by Gasteiger charge is -2.36. The SMILES string of the molecule is CCC(C)(C)c1ccc(C(=O)C(C)CN2C[C@@H](C)O[C@@H](C)C2)cc1.Cl. The Balaban J connectivity index is 0.00000312. The van der Waals surface area contributed by atoms with E-state index < -0.39 is 0 Å². The van der Waals surface area contributed by atoms with Crippen LogP contribution in [0.5, 0.6) is 0 Å². The zero-order chi connectivity index (χ0) is 17.9. The van der Waals surface area contributed by atoms with Crippen molar-refractivity contribution in [2.75, 3.05) is 19.6 Å². The highest BCUT2D eigenvalue weighted by Gasteiger charge is 2.26. The minimum atomic E-state index is 0. The fourth-order valence-corrected chi connectivity index (χ4v) is 3.48. The number of ketones is 1. The summed E-state index contributed by atoms with van der Waals surface area (Å²) in [5.74, 6) is 0.246. The summed E-state index contributed by atoms with van der Waals surface area (Å²) < 4.78 is 5.77. The van der Waals surface area contributed by atoms with Crippen LogP contribution in [0.4, 0.5) is 0 Å². The molecule has 4 heteroatoms. The third kappa shape index (κ3) is 5.80. The molecule has 2 rings (SSSR count). The lowest BCUT2D eigenvalue weighted by atomic mass is 9.81. The van der Waals surface area contributed by atoms with Crippen LogP contribution >= 0.6 is 12.4 Å². The van der Waals surface area contributed by atoms with Gasteiger partial charge < -0.3 is 4.74 Å². The van der Waals surface area contributed by atoms with Crippen molar-refractivity contribution in [2.45, 2.75) is 65.6 Å². The molecule has 0 amide bonds. The zero-order valence-electron chi connectivity index (χ0n) is 16.5. The lowest BCUT2D eigenvalue weighted by molar-refractivity contribution is -0.0700. The first-order valence-corrected chi connectivity index (χ1v) is 9.25. The number of ether oxygens (including phenoxy) is 1. The quantitative estimate of drug-likeness (QED) is 0.681. The Morgan fingerprint density at radius 1 is 1.20 bits per heavy atom. The van der Waals surface area contributed by atoms with Crippen LogP contribution in [-0.2, 0) is 10.2 Å². The number of rotatable bonds is 6. The van der Waals surface area contributed by atoms with Crippen LogP contribution in [-0.4, -0.2) is 42.5 Å². The van der Waals surface area contributed by atoms with Gasteiger partial charge in [0, 0.05) is 31.1 Å². The lowest BCUT2D eigenvalue weighted by Crippen LogP contribution is -2.47. The number of hydrogen-bond donors (Lipinski definition) is 0. The van der Waals surface area contributed by atoms with Gasteiger partial charge in [0.2, 0.25) is 0 Å². The van der Waals surface area contributed by atoms with Gasteiger partial charge in [0.15, 0.2) is 5.78 Å². The topological polar surface area (TPSA) is 29.5 Å². The van der Waals surface area contributed by atoms with E-state index in [2.05, 4.69) is 51.7 Å². The highest BCUT2D eigenvalue weighted by Crippen LogP contribution is 2.27. The molecule has 142 valence electrons. The fraction of sp³-hybridized carbons (Fsp3) is 0.667. The van der Waals surface area contributed by atoms with Gasteiger partial charge in [0.1, 0.15) is 0 Å². The summed E-state index contributed by atoms with van der Waals surface area (Å²) in [6, 6.07) is 8.22. The summed E-state index contributed by atoms with van der Waals surface area (Å²) >= 11 is 0. The van der Waals surface area contributed by atoms with Gasteiger partial charge in [-0.15, -0.1) is 12.4 Å². The van der Waals surface area contributed by atoms with E-state index in [0.717, 1.165) is 31.6 Å².